The second-order valence-electron chi connectivity index (χ2n) is 6.56. The van der Waals surface area contributed by atoms with Gasteiger partial charge in [-0.25, -0.2) is 13.5 Å². The van der Waals surface area contributed by atoms with E-state index in [1.807, 2.05) is 18.2 Å². The van der Waals surface area contributed by atoms with Gasteiger partial charge in [0, 0.05) is 27.9 Å². The van der Waals surface area contributed by atoms with Crippen LogP contribution in [-0.2, 0) is 16.3 Å². The number of aromatic nitrogens is 1. The van der Waals surface area contributed by atoms with Crippen molar-refractivity contribution in [3.8, 4) is 5.75 Å². The van der Waals surface area contributed by atoms with Gasteiger partial charge in [0.2, 0.25) is 0 Å². The van der Waals surface area contributed by atoms with Crippen molar-refractivity contribution in [1.82, 2.24) is 9.29 Å². The van der Waals surface area contributed by atoms with Gasteiger partial charge in [0.25, 0.3) is 0 Å². The average Bonchev–Trinajstić information content (AvgIpc) is 2.70. The van der Waals surface area contributed by atoms with E-state index in [4.69, 9.17) is 17.2 Å². The molecule has 0 aliphatic heterocycles. The summed E-state index contributed by atoms with van der Waals surface area (Å²) in [5.74, 6) is 3.92. The fourth-order valence-corrected chi connectivity index (χ4v) is 4.48. The Labute approximate surface area is 174 Å². The Morgan fingerprint density at radius 2 is 1.93 bits per heavy atom. The van der Waals surface area contributed by atoms with Crippen molar-refractivity contribution >= 4 is 50.5 Å². The van der Waals surface area contributed by atoms with Crippen LogP contribution in [0.4, 0.5) is 11.5 Å². The molecule has 7 N–H and O–H groups in total. The summed E-state index contributed by atoms with van der Waals surface area (Å²) < 4.78 is 15.4. The van der Waals surface area contributed by atoms with Crippen molar-refractivity contribution in [3.63, 3.8) is 0 Å². The number of guanidine groups is 1. The monoisotopic (exact) mass is 425 g/mol. The lowest BCUT2D eigenvalue weighted by molar-refractivity contribution is 0.453. The first kappa shape index (κ1) is 21.1. The Morgan fingerprint density at radius 3 is 2.60 bits per heavy atom. The van der Waals surface area contributed by atoms with Crippen LogP contribution >= 0.6 is 0 Å². The predicted octanol–water partition coefficient (Wildman–Crippen LogP) is 1.58. The Bertz CT molecular complexity index is 1240. The smallest absolute Gasteiger partial charge is 0.192 e. The van der Waals surface area contributed by atoms with E-state index in [1.165, 1.54) is 6.20 Å². The molecule has 30 heavy (non-hydrogen) atoms. The van der Waals surface area contributed by atoms with Gasteiger partial charge in [0.15, 0.2) is 11.8 Å². The molecule has 0 aliphatic rings. The number of hydrogen-bond acceptors (Lipinski definition) is 6. The predicted molar refractivity (Wildman–Crippen MR) is 123 cm³/mol. The number of rotatable bonds is 7. The molecule has 0 spiro atoms. The number of nitrogens with zero attached hydrogens (tertiary/aromatic N) is 4. The first-order valence-corrected chi connectivity index (χ1v) is 10.5. The van der Waals surface area contributed by atoms with Crippen molar-refractivity contribution in [2.24, 2.45) is 21.5 Å². The van der Waals surface area contributed by atoms with E-state index in [-0.39, 0.29) is 30.7 Å². The minimum atomic E-state index is -3.00. The zero-order chi connectivity index (χ0) is 21.9. The molecule has 0 saturated heterocycles. The minimum Gasteiger partial charge on any atom is -0.506 e. The molecule has 10 heteroatoms. The SMILES string of the molecule is C=NCN(Cc1ccccc1N)S(=C)(=O)c1ccc2c(O)cnc(N=C(N)N)c2c1. The van der Waals surface area contributed by atoms with Crippen LogP contribution in [0.1, 0.15) is 5.56 Å². The second-order valence-corrected chi connectivity index (χ2v) is 8.82. The summed E-state index contributed by atoms with van der Waals surface area (Å²) in [6.07, 6.45) is 1.25. The molecule has 2 aromatic carbocycles. The van der Waals surface area contributed by atoms with Gasteiger partial charge in [-0.2, -0.15) is 4.99 Å². The Morgan fingerprint density at radius 1 is 1.20 bits per heavy atom. The largest absolute Gasteiger partial charge is 0.506 e. The number of hydrogen-bond donors (Lipinski definition) is 4. The highest BCUT2D eigenvalue weighted by Crippen LogP contribution is 2.33. The number of fused-ring (bicyclic) bond motifs is 1. The lowest BCUT2D eigenvalue weighted by Gasteiger charge is -2.25. The van der Waals surface area contributed by atoms with Crippen LogP contribution < -0.4 is 17.2 Å². The summed E-state index contributed by atoms with van der Waals surface area (Å²) in [7, 11) is -3.00. The molecule has 0 bridgehead atoms. The van der Waals surface area contributed by atoms with Crippen LogP contribution in [-0.4, -0.2) is 43.8 Å². The molecule has 1 aromatic heterocycles. The zero-order valence-corrected chi connectivity index (χ0v) is 17.0. The van der Waals surface area contributed by atoms with E-state index < -0.39 is 9.71 Å². The third kappa shape index (κ3) is 4.19. The summed E-state index contributed by atoms with van der Waals surface area (Å²) in [4.78, 5) is 12.3. The molecule has 156 valence electrons. The number of anilines is 1. The summed E-state index contributed by atoms with van der Waals surface area (Å²) >= 11 is 0. The lowest BCUT2D eigenvalue weighted by Crippen LogP contribution is -2.31. The van der Waals surface area contributed by atoms with Gasteiger partial charge >= 0.3 is 0 Å². The number of para-hydroxylation sites is 1. The highest BCUT2D eigenvalue weighted by Gasteiger charge is 2.21. The normalized spacial score (nSPS) is 13.1. The molecule has 0 radical (unpaired) electrons. The molecular formula is C20H23N7O2S. The van der Waals surface area contributed by atoms with Crippen molar-refractivity contribution in [3.05, 3.63) is 54.2 Å². The van der Waals surface area contributed by atoms with Gasteiger partial charge in [-0.05, 0) is 42.4 Å². The molecule has 0 amide bonds. The quantitative estimate of drug-likeness (QED) is 0.195. The van der Waals surface area contributed by atoms with Crippen LogP contribution in [0.5, 0.6) is 5.75 Å². The van der Waals surface area contributed by atoms with Gasteiger partial charge in [0.05, 0.1) is 15.9 Å². The Kier molecular flexibility index (Phi) is 5.90. The molecule has 0 saturated carbocycles. The highest BCUT2D eigenvalue weighted by molar-refractivity contribution is 7.98. The van der Waals surface area contributed by atoms with Gasteiger partial charge in [-0.3, -0.25) is 4.99 Å². The van der Waals surface area contributed by atoms with E-state index in [1.54, 1.807) is 28.6 Å². The molecule has 0 fully saturated rings. The van der Waals surface area contributed by atoms with Crippen molar-refractivity contribution < 1.29 is 9.32 Å². The third-order valence-corrected chi connectivity index (χ3v) is 6.57. The van der Waals surface area contributed by atoms with Crippen molar-refractivity contribution in [1.29, 1.82) is 0 Å². The first-order valence-electron chi connectivity index (χ1n) is 8.83. The number of benzene rings is 2. The fourth-order valence-electron chi connectivity index (χ4n) is 2.98. The van der Waals surface area contributed by atoms with Crippen LogP contribution in [0.15, 0.2) is 63.5 Å². The molecule has 3 rings (SSSR count). The van der Waals surface area contributed by atoms with Gasteiger partial charge in [0.1, 0.15) is 12.4 Å². The molecular weight excluding hydrogens is 402 g/mol. The van der Waals surface area contributed by atoms with Crippen molar-refractivity contribution in [2.45, 2.75) is 11.4 Å². The average molecular weight is 426 g/mol. The molecule has 9 nitrogen and oxygen atoms in total. The number of pyridine rings is 1. The molecule has 1 unspecified atom stereocenters. The van der Waals surface area contributed by atoms with E-state index in [0.29, 0.717) is 21.4 Å². The maximum Gasteiger partial charge on any atom is 0.192 e. The lowest BCUT2D eigenvalue weighted by atomic mass is 10.1. The van der Waals surface area contributed by atoms with Crippen molar-refractivity contribution in [2.75, 3.05) is 12.4 Å². The summed E-state index contributed by atoms with van der Waals surface area (Å²) in [5, 5.41) is 11.0. The van der Waals surface area contributed by atoms with E-state index in [2.05, 4.69) is 27.6 Å². The van der Waals surface area contributed by atoms with E-state index in [9.17, 15) is 9.32 Å². The van der Waals surface area contributed by atoms with Gasteiger partial charge < -0.3 is 22.3 Å². The summed E-state index contributed by atoms with van der Waals surface area (Å²) in [6.45, 7) is 3.85. The highest BCUT2D eigenvalue weighted by atomic mass is 32.2. The zero-order valence-electron chi connectivity index (χ0n) is 16.2. The van der Waals surface area contributed by atoms with Crippen LogP contribution in [0.2, 0.25) is 0 Å². The van der Waals surface area contributed by atoms with Crippen LogP contribution in [0.3, 0.4) is 0 Å². The standard InChI is InChI=1S/C20H23N7O2S/c1-24-12-27(11-13-5-3-4-6-17(13)21)30(2,29)14-7-8-15-16(9-14)19(26-20(22)23)25-10-18(15)28/h3-10,28H,1-2,11-12,21H2,(H4,22,23,25,26). The number of nitrogens with two attached hydrogens (primary N) is 3. The Hall–Kier alpha value is -3.63. The topological polar surface area (TPSA) is 156 Å². The third-order valence-electron chi connectivity index (χ3n) is 4.50. The maximum absolute atomic E-state index is 13.8. The minimum absolute atomic E-state index is 0.0525. The van der Waals surface area contributed by atoms with Gasteiger partial charge in [-0.15, -0.1) is 0 Å². The fraction of sp³-hybridized carbons (Fsp3) is 0.100. The Balaban J connectivity index is 2.12. The first-order chi connectivity index (χ1) is 14.2. The number of nitrogen functional groups attached to an aromatic ring is 1. The number of aromatic hydroxyl groups is 1. The summed E-state index contributed by atoms with van der Waals surface area (Å²) in [5.41, 5.74) is 18.4. The van der Waals surface area contributed by atoms with E-state index in [0.717, 1.165) is 5.56 Å². The molecule has 3 aromatic rings. The van der Waals surface area contributed by atoms with Gasteiger partial charge in [-0.1, -0.05) is 18.2 Å². The summed E-state index contributed by atoms with van der Waals surface area (Å²) in [6, 6.07) is 12.1. The van der Waals surface area contributed by atoms with Crippen LogP contribution in [0.25, 0.3) is 10.8 Å². The molecule has 0 aliphatic carbocycles. The number of aliphatic imine (C=N–C) groups is 2. The van der Waals surface area contributed by atoms with E-state index >= 15 is 0 Å². The molecule has 1 heterocycles. The van der Waals surface area contributed by atoms with Crippen LogP contribution in [0, 0.1) is 0 Å². The molecule has 1 atom stereocenters. The maximum atomic E-state index is 13.8. The second kappa shape index (κ2) is 8.39.